The van der Waals surface area contributed by atoms with Gasteiger partial charge >= 0.3 is 0 Å². The van der Waals surface area contributed by atoms with Crippen LogP contribution in [0, 0.1) is 11.8 Å². The Bertz CT molecular complexity index is 82.0. The summed E-state index contributed by atoms with van der Waals surface area (Å²) in [4.78, 5) is 0. The minimum absolute atomic E-state index is 0.736. The molecule has 1 unspecified atom stereocenters. The van der Waals surface area contributed by atoms with Crippen LogP contribution in [0.1, 0.15) is 67.7 Å². The largest absolute Gasteiger partial charge is 0.103 e. The summed E-state index contributed by atoms with van der Waals surface area (Å²) >= 11 is 0. The predicted octanol–water partition coefficient (Wildman–Crippen LogP) is 5.69. The first-order valence-corrected chi connectivity index (χ1v) is 6.34. The molecule has 0 aromatic heterocycles. The van der Waals surface area contributed by atoms with E-state index in [2.05, 4.69) is 33.4 Å². The van der Waals surface area contributed by atoms with Crippen molar-refractivity contribution in [1.29, 1.82) is 0 Å². The van der Waals surface area contributed by atoms with Gasteiger partial charge in [-0.2, -0.15) is 0 Å². The molecule has 0 fully saturated rings. The highest BCUT2D eigenvalue weighted by molar-refractivity contribution is 4.80. The molecular weight excluding hydrogens is 168 g/mol. The second-order valence-corrected chi connectivity index (χ2v) is 3.29. The first kappa shape index (κ1) is 19.3. The number of unbranched alkanes of at least 4 members (excludes halogenated alkanes) is 1. The van der Waals surface area contributed by atoms with Gasteiger partial charge in [-0.1, -0.05) is 67.4 Å². The van der Waals surface area contributed by atoms with Crippen LogP contribution in [-0.4, -0.2) is 0 Å². The molecule has 0 aliphatic carbocycles. The van der Waals surface area contributed by atoms with E-state index in [1.807, 2.05) is 27.7 Å². The maximum Gasteiger partial charge on any atom is -0.0213 e. The Kier molecular flexibility index (Phi) is 25.6. The Morgan fingerprint density at radius 2 is 1.50 bits per heavy atom. The van der Waals surface area contributed by atoms with Gasteiger partial charge in [0.05, 0.1) is 0 Å². The van der Waals surface area contributed by atoms with E-state index < -0.39 is 0 Å². The zero-order valence-corrected chi connectivity index (χ0v) is 11.6. The highest BCUT2D eigenvalue weighted by Gasteiger charge is 2.06. The van der Waals surface area contributed by atoms with Gasteiger partial charge in [0.25, 0.3) is 0 Å². The summed E-state index contributed by atoms with van der Waals surface area (Å²) < 4.78 is 0. The fourth-order valence-corrected chi connectivity index (χ4v) is 1.16. The first-order chi connectivity index (χ1) is 6.72. The van der Waals surface area contributed by atoms with Crippen LogP contribution in [0.15, 0.2) is 12.7 Å². The van der Waals surface area contributed by atoms with Crippen molar-refractivity contribution in [2.75, 3.05) is 0 Å². The fourth-order valence-electron chi connectivity index (χ4n) is 1.16. The quantitative estimate of drug-likeness (QED) is 0.500. The van der Waals surface area contributed by atoms with Crippen molar-refractivity contribution >= 4 is 0 Å². The molecular formula is C14H32. The van der Waals surface area contributed by atoms with Crippen LogP contribution in [0.4, 0.5) is 0 Å². The molecule has 88 valence electrons. The summed E-state index contributed by atoms with van der Waals surface area (Å²) in [5.41, 5.74) is 0. The van der Waals surface area contributed by atoms with Gasteiger partial charge in [0.15, 0.2) is 0 Å². The first-order valence-electron chi connectivity index (χ1n) is 6.34. The standard InChI is InChI=1S/C10H20.2C2H6/c1-5-7-8-10(6-2)9(3)4;2*1-2/h6,9-10H,2,5,7-8H2,1,3-4H3;2*1-2H3. The molecule has 0 aliphatic rings. The molecule has 1 atom stereocenters. The third kappa shape index (κ3) is 14.3. The lowest BCUT2D eigenvalue weighted by Crippen LogP contribution is -2.04. The average Bonchev–Trinajstić information content (AvgIpc) is 2.24. The van der Waals surface area contributed by atoms with Crippen molar-refractivity contribution in [3.63, 3.8) is 0 Å². The number of hydrogen-bond acceptors (Lipinski definition) is 0. The molecule has 0 bridgehead atoms. The third-order valence-electron chi connectivity index (χ3n) is 2.05. The van der Waals surface area contributed by atoms with Crippen LogP contribution >= 0.6 is 0 Å². The Labute approximate surface area is 92.8 Å². The zero-order chi connectivity index (χ0) is 12.0. The smallest absolute Gasteiger partial charge is 0.0213 e. The van der Waals surface area contributed by atoms with E-state index in [1.165, 1.54) is 19.3 Å². The Morgan fingerprint density at radius 1 is 1.07 bits per heavy atom. The zero-order valence-electron chi connectivity index (χ0n) is 11.6. The predicted molar refractivity (Wildman–Crippen MR) is 70.7 cm³/mol. The minimum Gasteiger partial charge on any atom is -0.103 e. The van der Waals surface area contributed by atoms with Crippen molar-refractivity contribution in [3.05, 3.63) is 12.7 Å². The van der Waals surface area contributed by atoms with Crippen LogP contribution in [0.3, 0.4) is 0 Å². The molecule has 0 amide bonds. The van der Waals surface area contributed by atoms with Gasteiger partial charge in [-0.15, -0.1) is 6.58 Å². The lowest BCUT2D eigenvalue weighted by atomic mass is 9.91. The summed E-state index contributed by atoms with van der Waals surface area (Å²) in [6, 6.07) is 0. The van der Waals surface area contributed by atoms with Crippen LogP contribution in [-0.2, 0) is 0 Å². The normalized spacial score (nSPS) is 10.6. The third-order valence-corrected chi connectivity index (χ3v) is 2.05. The van der Waals surface area contributed by atoms with Crippen LogP contribution in [0.5, 0.6) is 0 Å². The van der Waals surface area contributed by atoms with E-state index in [4.69, 9.17) is 0 Å². The number of allylic oxidation sites excluding steroid dienone is 1. The summed E-state index contributed by atoms with van der Waals surface area (Å²) in [5.74, 6) is 1.50. The molecule has 0 aromatic carbocycles. The van der Waals surface area contributed by atoms with Gasteiger partial charge in [0.2, 0.25) is 0 Å². The average molecular weight is 200 g/mol. The molecule has 0 saturated heterocycles. The van der Waals surface area contributed by atoms with Gasteiger partial charge in [0.1, 0.15) is 0 Å². The molecule has 0 rings (SSSR count). The molecule has 0 radical (unpaired) electrons. The summed E-state index contributed by atoms with van der Waals surface area (Å²) in [6.45, 7) is 18.6. The lowest BCUT2D eigenvalue weighted by Gasteiger charge is -2.15. The van der Waals surface area contributed by atoms with Gasteiger partial charge in [-0.3, -0.25) is 0 Å². The van der Waals surface area contributed by atoms with Crippen LogP contribution in [0.2, 0.25) is 0 Å². The van der Waals surface area contributed by atoms with E-state index in [1.54, 1.807) is 0 Å². The SMILES string of the molecule is C=CC(CCCC)C(C)C.CC.CC. The van der Waals surface area contributed by atoms with E-state index in [0.29, 0.717) is 0 Å². The van der Waals surface area contributed by atoms with Crippen LogP contribution < -0.4 is 0 Å². The maximum atomic E-state index is 3.84. The Morgan fingerprint density at radius 3 is 1.71 bits per heavy atom. The van der Waals surface area contributed by atoms with Crippen molar-refractivity contribution < 1.29 is 0 Å². The molecule has 0 aromatic rings. The summed E-state index contributed by atoms with van der Waals surface area (Å²) in [5, 5.41) is 0. The molecule has 0 nitrogen and oxygen atoms in total. The number of rotatable bonds is 5. The van der Waals surface area contributed by atoms with Crippen molar-refractivity contribution in [2.24, 2.45) is 11.8 Å². The molecule has 0 heteroatoms. The van der Waals surface area contributed by atoms with Crippen molar-refractivity contribution in [2.45, 2.75) is 67.7 Å². The van der Waals surface area contributed by atoms with E-state index in [0.717, 1.165) is 11.8 Å². The molecule has 0 saturated carbocycles. The molecule has 0 spiro atoms. The highest BCUT2D eigenvalue weighted by atomic mass is 14.1. The lowest BCUT2D eigenvalue weighted by molar-refractivity contribution is 0.423. The topological polar surface area (TPSA) is 0 Å². The Balaban J connectivity index is -0.000000266. The molecule has 0 aliphatic heterocycles. The van der Waals surface area contributed by atoms with Crippen molar-refractivity contribution in [3.8, 4) is 0 Å². The van der Waals surface area contributed by atoms with Crippen molar-refractivity contribution in [1.82, 2.24) is 0 Å². The monoisotopic (exact) mass is 200 g/mol. The Hall–Kier alpha value is -0.260. The van der Waals surface area contributed by atoms with Gasteiger partial charge in [-0.05, 0) is 18.3 Å². The van der Waals surface area contributed by atoms with Gasteiger partial charge < -0.3 is 0 Å². The second kappa shape index (κ2) is 18.5. The summed E-state index contributed by atoms with van der Waals surface area (Å²) in [6.07, 6.45) is 6.06. The van der Waals surface area contributed by atoms with E-state index in [-0.39, 0.29) is 0 Å². The molecule has 0 N–H and O–H groups in total. The maximum absolute atomic E-state index is 3.84. The van der Waals surface area contributed by atoms with Gasteiger partial charge in [-0.25, -0.2) is 0 Å². The molecule has 0 heterocycles. The molecule has 14 heavy (non-hydrogen) atoms. The highest BCUT2D eigenvalue weighted by Crippen LogP contribution is 2.18. The number of hydrogen-bond donors (Lipinski definition) is 0. The second-order valence-electron chi connectivity index (χ2n) is 3.29. The van der Waals surface area contributed by atoms with Gasteiger partial charge in [0, 0.05) is 0 Å². The fraction of sp³-hybridized carbons (Fsp3) is 0.857. The summed E-state index contributed by atoms with van der Waals surface area (Å²) in [7, 11) is 0. The minimum atomic E-state index is 0.736. The van der Waals surface area contributed by atoms with E-state index >= 15 is 0 Å². The van der Waals surface area contributed by atoms with E-state index in [9.17, 15) is 0 Å². The van der Waals surface area contributed by atoms with Crippen LogP contribution in [0.25, 0.3) is 0 Å².